The van der Waals surface area contributed by atoms with Crippen LogP contribution in [0, 0.1) is 5.82 Å². The fourth-order valence-corrected chi connectivity index (χ4v) is 2.88. The Morgan fingerprint density at radius 1 is 1.32 bits per heavy atom. The van der Waals surface area contributed by atoms with Gasteiger partial charge in [-0.05, 0) is 37.1 Å². The largest absolute Gasteiger partial charge is 0.487 e. The van der Waals surface area contributed by atoms with Gasteiger partial charge in [0.25, 0.3) is 5.91 Å². The van der Waals surface area contributed by atoms with Crippen molar-refractivity contribution >= 4 is 23.3 Å². The first kappa shape index (κ1) is 16.1. The lowest BCUT2D eigenvalue weighted by atomic mass is 10.1. The van der Waals surface area contributed by atoms with E-state index in [1.807, 2.05) is 17.0 Å². The van der Waals surface area contributed by atoms with Gasteiger partial charge in [0.05, 0.1) is 24.8 Å². The zero-order valence-corrected chi connectivity index (χ0v) is 14.2. The number of rotatable bonds is 5. The molecule has 0 bridgehead atoms. The van der Waals surface area contributed by atoms with E-state index in [0.717, 1.165) is 19.0 Å². The zero-order valence-electron chi connectivity index (χ0n) is 13.4. The van der Waals surface area contributed by atoms with E-state index in [1.54, 1.807) is 12.1 Å². The second kappa shape index (κ2) is 6.52. The van der Waals surface area contributed by atoms with Crippen molar-refractivity contribution in [3.05, 3.63) is 52.9 Å². The van der Waals surface area contributed by atoms with Crippen LogP contribution < -0.4 is 15.0 Å². The molecule has 130 valence electrons. The lowest BCUT2D eigenvalue weighted by Crippen LogP contribution is -2.54. The molecule has 2 heterocycles. The third kappa shape index (κ3) is 3.69. The van der Waals surface area contributed by atoms with E-state index in [4.69, 9.17) is 16.3 Å². The van der Waals surface area contributed by atoms with E-state index < -0.39 is 5.82 Å². The van der Waals surface area contributed by atoms with Crippen molar-refractivity contribution < 1.29 is 13.9 Å². The number of anilines is 1. The predicted molar refractivity (Wildman–Crippen MR) is 92.8 cm³/mol. The van der Waals surface area contributed by atoms with E-state index in [-0.39, 0.29) is 23.6 Å². The molecule has 1 saturated carbocycles. The van der Waals surface area contributed by atoms with Gasteiger partial charge >= 0.3 is 0 Å². The van der Waals surface area contributed by atoms with Gasteiger partial charge in [0.1, 0.15) is 17.7 Å². The monoisotopic (exact) mass is 361 g/mol. The molecule has 0 radical (unpaired) electrons. The summed E-state index contributed by atoms with van der Waals surface area (Å²) >= 11 is 5.94. The van der Waals surface area contributed by atoms with Crippen LogP contribution in [0.25, 0.3) is 0 Å². The zero-order chi connectivity index (χ0) is 17.4. The Kier molecular flexibility index (Phi) is 4.21. The number of pyridine rings is 1. The number of halogens is 2. The highest BCUT2D eigenvalue weighted by Gasteiger charge is 2.31. The summed E-state index contributed by atoms with van der Waals surface area (Å²) in [6, 6.07) is 8.93. The molecule has 1 aliphatic heterocycles. The predicted octanol–water partition coefficient (Wildman–Crippen LogP) is 3.03. The van der Waals surface area contributed by atoms with Crippen molar-refractivity contribution in [3.8, 4) is 5.75 Å². The van der Waals surface area contributed by atoms with Crippen LogP contribution in [0.1, 0.15) is 23.2 Å². The molecule has 1 amide bonds. The van der Waals surface area contributed by atoms with Gasteiger partial charge in [0, 0.05) is 11.1 Å². The van der Waals surface area contributed by atoms with Crippen LogP contribution in [-0.4, -0.2) is 36.1 Å². The Hall–Kier alpha value is -2.34. The third-order valence-electron chi connectivity index (χ3n) is 4.27. The van der Waals surface area contributed by atoms with Crippen LogP contribution in [0.2, 0.25) is 5.02 Å². The van der Waals surface area contributed by atoms with Gasteiger partial charge < -0.3 is 15.0 Å². The van der Waals surface area contributed by atoms with Crippen LogP contribution in [-0.2, 0) is 0 Å². The molecule has 0 unspecified atom stereocenters. The maximum Gasteiger partial charge on any atom is 0.254 e. The fourth-order valence-electron chi connectivity index (χ4n) is 2.70. The Morgan fingerprint density at radius 2 is 2.12 bits per heavy atom. The lowest BCUT2D eigenvalue weighted by molar-refractivity contribution is 0.0947. The summed E-state index contributed by atoms with van der Waals surface area (Å²) in [6.45, 7) is 1.24. The van der Waals surface area contributed by atoms with Crippen molar-refractivity contribution in [3.63, 3.8) is 0 Å². The van der Waals surface area contributed by atoms with Crippen molar-refractivity contribution in [2.45, 2.75) is 25.0 Å². The number of carbonyl (C=O) groups excluding carboxylic acids is 1. The van der Waals surface area contributed by atoms with Crippen LogP contribution >= 0.6 is 11.6 Å². The summed E-state index contributed by atoms with van der Waals surface area (Å²) in [5, 5.41) is 3.42. The number of amides is 1. The molecule has 2 aromatic rings. The molecule has 0 spiro atoms. The SMILES string of the molecule is O=C(NC1CC1)c1cc(N2CC(Oc3cccc(Cl)c3)C2)ncc1F. The van der Waals surface area contributed by atoms with Crippen LogP contribution in [0.3, 0.4) is 0 Å². The molecule has 1 aliphatic carbocycles. The second-order valence-electron chi connectivity index (χ2n) is 6.37. The maximum absolute atomic E-state index is 13.9. The highest BCUT2D eigenvalue weighted by Crippen LogP contribution is 2.26. The number of nitrogens with one attached hydrogen (secondary N) is 1. The number of benzene rings is 1. The first-order chi connectivity index (χ1) is 12.1. The minimum absolute atomic E-state index is 0.00839. The van der Waals surface area contributed by atoms with E-state index in [2.05, 4.69) is 10.3 Å². The minimum atomic E-state index is -0.603. The molecule has 2 fully saturated rings. The molecule has 4 rings (SSSR count). The number of carbonyl (C=O) groups is 1. The Morgan fingerprint density at radius 3 is 2.84 bits per heavy atom. The molecule has 5 nitrogen and oxygen atoms in total. The first-order valence-electron chi connectivity index (χ1n) is 8.22. The normalized spacial score (nSPS) is 17.1. The van der Waals surface area contributed by atoms with Gasteiger partial charge in [-0.1, -0.05) is 17.7 Å². The highest BCUT2D eigenvalue weighted by molar-refractivity contribution is 6.30. The van der Waals surface area contributed by atoms with E-state index in [1.165, 1.54) is 6.07 Å². The number of aromatic nitrogens is 1. The fraction of sp³-hybridized carbons (Fsp3) is 0.333. The standard InChI is InChI=1S/C18H17ClFN3O2/c19-11-2-1-3-13(6-11)25-14-9-23(10-14)17-7-15(16(20)8-21-17)18(24)22-12-4-5-12/h1-3,6-8,12,14H,4-5,9-10H2,(H,22,24). The third-order valence-corrected chi connectivity index (χ3v) is 4.50. The summed E-state index contributed by atoms with van der Waals surface area (Å²) in [5.41, 5.74) is 0.0381. The Labute approximate surface area is 149 Å². The molecule has 1 aromatic heterocycles. The molecule has 1 N–H and O–H groups in total. The average molecular weight is 362 g/mol. The molecule has 25 heavy (non-hydrogen) atoms. The number of hydrogen-bond acceptors (Lipinski definition) is 4. The van der Waals surface area contributed by atoms with Crippen LogP contribution in [0.5, 0.6) is 5.75 Å². The Bertz CT molecular complexity index is 807. The summed E-state index contributed by atoms with van der Waals surface area (Å²) in [4.78, 5) is 18.1. The number of nitrogens with zero attached hydrogens (tertiary/aromatic N) is 2. The summed E-state index contributed by atoms with van der Waals surface area (Å²) < 4.78 is 19.7. The van der Waals surface area contributed by atoms with Gasteiger partial charge in [-0.25, -0.2) is 9.37 Å². The molecule has 1 aromatic carbocycles. The molecule has 1 saturated heterocycles. The molecule has 0 atom stereocenters. The molecular weight excluding hydrogens is 345 g/mol. The number of ether oxygens (including phenoxy) is 1. The van der Waals surface area contributed by atoms with E-state index >= 15 is 0 Å². The van der Waals surface area contributed by atoms with Crippen molar-refractivity contribution in [2.24, 2.45) is 0 Å². The summed E-state index contributed by atoms with van der Waals surface area (Å²) in [6.07, 6.45) is 3.02. The van der Waals surface area contributed by atoms with Crippen molar-refractivity contribution in [1.29, 1.82) is 0 Å². The molecule has 7 heteroatoms. The lowest BCUT2D eigenvalue weighted by Gasteiger charge is -2.39. The van der Waals surface area contributed by atoms with Gasteiger partial charge in [-0.15, -0.1) is 0 Å². The number of hydrogen-bond donors (Lipinski definition) is 1. The van der Waals surface area contributed by atoms with E-state index in [9.17, 15) is 9.18 Å². The van der Waals surface area contributed by atoms with Crippen molar-refractivity contribution in [1.82, 2.24) is 10.3 Å². The highest BCUT2D eigenvalue weighted by atomic mass is 35.5. The first-order valence-corrected chi connectivity index (χ1v) is 8.60. The minimum Gasteiger partial charge on any atom is -0.487 e. The van der Waals surface area contributed by atoms with Crippen LogP contribution in [0.15, 0.2) is 36.5 Å². The second-order valence-corrected chi connectivity index (χ2v) is 6.81. The maximum atomic E-state index is 13.9. The Balaban J connectivity index is 1.39. The average Bonchev–Trinajstić information content (AvgIpc) is 3.35. The quantitative estimate of drug-likeness (QED) is 0.889. The van der Waals surface area contributed by atoms with Gasteiger partial charge in [-0.3, -0.25) is 4.79 Å². The smallest absolute Gasteiger partial charge is 0.254 e. The topological polar surface area (TPSA) is 54.5 Å². The van der Waals surface area contributed by atoms with Crippen LogP contribution in [0.4, 0.5) is 10.2 Å². The van der Waals surface area contributed by atoms with Gasteiger partial charge in [0.2, 0.25) is 0 Å². The molecular formula is C18H17ClFN3O2. The van der Waals surface area contributed by atoms with Gasteiger partial charge in [-0.2, -0.15) is 0 Å². The van der Waals surface area contributed by atoms with Gasteiger partial charge in [0.15, 0.2) is 5.82 Å². The summed E-state index contributed by atoms with van der Waals surface area (Å²) in [7, 11) is 0. The summed E-state index contributed by atoms with van der Waals surface area (Å²) in [5.74, 6) is 0.312. The molecule has 2 aliphatic rings. The van der Waals surface area contributed by atoms with Crippen molar-refractivity contribution in [2.75, 3.05) is 18.0 Å². The van der Waals surface area contributed by atoms with E-state index in [0.29, 0.717) is 29.7 Å².